The highest BCUT2D eigenvalue weighted by atomic mass is 32.2. The number of anilines is 1. The molecule has 4 aromatic heterocycles. The average Bonchev–Trinajstić information content (AvgIpc) is 3.72. The molecule has 14 heteroatoms. The number of sulfone groups is 1. The first-order valence-corrected chi connectivity index (χ1v) is 15.3. The van der Waals surface area contributed by atoms with Gasteiger partial charge < -0.3 is 20.7 Å². The first-order chi connectivity index (χ1) is 20.1. The van der Waals surface area contributed by atoms with E-state index in [0.717, 1.165) is 17.5 Å². The van der Waals surface area contributed by atoms with Crippen LogP contribution in [-0.4, -0.2) is 77.4 Å². The minimum atomic E-state index is -3.94. The van der Waals surface area contributed by atoms with E-state index < -0.39 is 15.4 Å². The number of aromatic amines is 1. The van der Waals surface area contributed by atoms with Gasteiger partial charge in [-0.25, -0.2) is 13.4 Å². The first kappa shape index (κ1) is 26.2. The molecule has 0 unspecified atom stereocenters. The van der Waals surface area contributed by atoms with Crippen molar-refractivity contribution in [1.29, 1.82) is 0 Å². The lowest BCUT2D eigenvalue weighted by Gasteiger charge is -2.43. The molecule has 0 spiro atoms. The fraction of sp³-hybridized carbons (Fsp3) is 0.286. The average molecular weight is 586 g/mol. The molecule has 3 atom stereocenters. The lowest BCUT2D eigenvalue weighted by Crippen LogP contribution is -2.52. The van der Waals surface area contributed by atoms with Crippen LogP contribution in [0.25, 0.3) is 28.0 Å². The SMILES string of the molecule is CS(=O)(=O)c1c([C@]2(O)C[C@H]3CC[C@@H](C2)N3C(=O)c2nnc[nH]2)nc2c(-c3ccc(-c4ccccc4)nc3)cnn2c1N. The highest BCUT2D eigenvalue weighted by Gasteiger charge is 2.53. The van der Waals surface area contributed by atoms with E-state index in [2.05, 4.69) is 25.3 Å². The van der Waals surface area contributed by atoms with Crippen molar-refractivity contribution in [1.82, 2.24) is 39.7 Å². The van der Waals surface area contributed by atoms with Crippen molar-refractivity contribution in [3.63, 3.8) is 0 Å². The number of nitrogens with one attached hydrogen (secondary N) is 1. The molecule has 2 bridgehead atoms. The number of amides is 1. The Hall–Kier alpha value is -4.69. The number of nitrogen functional groups attached to an aromatic ring is 1. The molecule has 7 rings (SSSR count). The van der Waals surface area contributed by atoms with E-state index >= 15 is 0 Å². The molecule has 2 aliphatic rings. The number of hydrogen-bond donors (Lipinski definition) is 3. The summed E-state index contributed by atoms with van der Waals surface area (Å²) in [5.41, 5.74) is 8.11. The van der Waals surface area contributed by atoms with E-state index in [1.807, 2.05) is 42.5 Å². The van der Waals surface area contributed by atoms with E-state index in [0.29, 0.717) is 29.6 Å². The fourth-order valence-corrected chi connectivity index (χ4v) is 7.45. The standard InChI is InChI=1S/C28H27N9O4S/c1-42(40,41)22-23(28(39)11-18-8-9-19(12-28)36(18)27(38)25-31-15-32-35-25)34-26-20(14-33-37(26)24(22)29)17-7-10-21(30-13-17)16-5-3-2-4-6-16/h2-7,10,13-15,18-19,39H,8-9,11-12,29H2,1H3,(H,31,32,35)/t18-,19+,28+. The van der Waals surface area contributed by atoms with Gasteiger partial charge in [-0.15, -0.1) is 10.2 Å². The number of nitrogens with zero attached hydrogens (tertiary/aromatic N) is 7. The van der Waals surface area contributed by atoms with Crippen LogP contribution in [0, 0.1) is 0 Å². The zero-order valence-corrected chi connectivity index (χ0v) is 23.4. The third-order valence-corrected chi connectivity index (χ3v) is 9.36. The van der Waals surface area contributed by atoms with E-state index in [-0.39, 0.29) is 53.1 Å². The molecule has 5 aromatic rings. The van der Waals surface area contributed by atoms with Crippen molar-refractivity contribution in [3.05, 3.63) is 72.7 Å². The predicted molar refractivity (Wildman–Crippen MR) is 152 cm³/mol. The van der Waals surface area contributed by atoms with Crippen molar-refractivity contribution in [3.8, 4) is 22.4 Å². The van der Waals surface area contributed by atoms with Crippen molar-refractivity contribution in [2.24, 2.45) is 0 Å². The summed E-state index contributed by atoms with van der Waals surface area (Å²) < 4.78 is 27.5. The Labute approximate surface area is 240 Å². The zero-order valence-electron chi connectivity index (χ0n) is 22.5. The number of nitrogens with two attached hydrogens (primary N) is 1. The van der Waals surface area contributed by atoms with Crippen LogP contribution in [0.1, 0.15) is 42.0 Å². The molecule has 2 fully saturated rings. The number of fused-ring (bicyclic) bond motifs is 3. The van der Waals surface area contributed by atoms with Crippen molar-refractivity contribution < 1.29 is 18.3 Å². The van der Waals surface area contributed by atoms with Gasteiger partial charge in [0, 0.05) is 54.1 Å². The van der Waals surface area contributed by atoms with Crippen LogP contribution in [0.2, 0.25) is 0 Å². The lowest BCUT2D eigenvalue weighted by atomic mass is 9.83. The summed E-state index contributed by atoms with van der Waals surface area (Å²) in [6.45, 7) is 0. The second kappa shape index (κ2) is 9.42. The Morgan fingerprint density at radius 1 is 1.07 bits per heavy atom. The number of hydrogen-bond acceptors (Lipinski definition) is 10. The van der Waals surface area contributed by atoms with Gasteiger partial charge in [0.25, 0.3) is 5.91 Å². The third kappa shape index (κ3) is 4.13. The van der Waals surface area contributed by atoms with Gasteiger partial charge in [-0.3, -0.25) is 9.78 Å². The van der Waals surface area contributed by atoms with Crippen LogP contribution in [0.4, 0.5) is 5.82 Å². The van der Waals surface area contributed by atoms with E-state index in [1.165, 1.54) is 10.8 Å². The topological polar surface area (TPSA) is 185 Å². The Morgan fingerprint density at radius 3 is 2.43 bits per heavy atom. The first-order valence-electron chi connectivity index (χ1n) is 13.4. The molecule has 13 nitrogen and oxygen atoms in total. The van der Waals surface area contributed by atoms with Gasteiger partial charge in [0.2, 0.25) is 5.82 Å². The number of H-pyrrole nitrogens is 1. The van der Waals surface area contributed by atoms with Crippen LogP contribution in [-0.2, 0) is 15.4 Å². The van der Waals surface area contributed by atoms with Gasteiger partial charge in [0.1, 0.15) is 22.6 Å². The highest BCUT2D eigenvalue weighted by molar-refractivity contribution is 7.91. The fourth-order valence-electron chi connectivity index (χ4n) is 6.40. The van der Waals surface area contributed by atoms with E-state index in [9.17, 15) is 18.3 Å². The van der Waals surface area contributed by atoms with Crippen LogP contribution >= 0.6 is 0 Å². The molecule has 6 heterocycles. The molecular weight excluding hydrogens is 558 g/mol. The van der Waals surface area contributed by atoms with Crippen molar-refractivity contribution >= 4 is 27.2 Å². The Balaban J connectivity index is 1.32. The summed E-state index contributed by atoms with van der Waals surface area (Å²) in [6, 6.07) is 12.8. The van der Waals surface area contributed by atoms with E-state index in [1.54, 1.807) is 17.3 Å². The third-order valence-electron chi connectivity index (χ3n) is 8.21. The monoisotopic (exact) mass is 585 g/mol. The van der Waals surface area contributed by atoms with Crippen molar-refractivity contribution in [2.45, 2.75) is 48.3 Å². The molecule has 1 aromatic carbocycles. The van der Waals surface area contributed by atoms with Gasteiger partial charge in [0.15, 0.2) is 15.5 Å². The zero-order chi connectivity index (χ0) is 29.2. The molecule has 42 heavy (non-hydrogen) atoms. The number of benzene rings is 1. The summed E-state index contributed by atoms with van der Waals surface area (Å²) in [6.07, 6.45) is 7.10. The molecule has 2 saturated heterocycles. The summed E-state index contributed by atoms with van der Waals surface area (Å²) >= 11 is 0. The molecule has 0 radical (unpaired) electrons. The minimum Gasteiger partial charge on any atom is -0.383 e. The number of piperidine rings is 1. The molecule has 214 valence electrons. The lowest BCUT2D eigenvalue weighted by molar-refractivity contribution is -0.0529. The van der Waals surface area contributed by atoms with Gasteiger partial charge in [-0.05, 0) is 18.9 Å². The second-order valence-corrected chi connectivity index (χ2v) is 12.9. The summed E-state index contributed by atoms with van der Waals surface area (Å²) in [7, 11) is -3.94. The van der Waals surface area contributed by atoms with Gasteiger partial charge >= 0.3 is 0 Å². The second-order valence-electron chi connectivity index (χ2n) is 10.9. The number of pyridine rings is 1. The van der Waals surface area contributed by atoms with Crippen LogP contribution in [0.5, 0.6) is 0 Å². The van der Waals surface area contributed by atoms with Crippen LogP contribution in [0.3, 0.4) is 0 Å². The normalized spacial score (nSPS) is 22.1. The number of aliphatic hydroxyl groups is 1. The molecule has 0 saturated carbocycles. The smallest absolute Gasteiger partial charge is 0.292 e. The van der Waals surface area contributed by atoms with Gasteiger partial charge in [-0.2, -0.15) is 9.61 Å². The van der Waals surface area contributed by atoms with Crippen molar-refractivity contribution in [2.75, 3.05) is 12.0 Å². The maximum absolute atomic E-state index is 13.2. The predicted octanol–water partition coefficient (Wildman–Crippen LogP) is 2.22. The molecular formula is C28H27N9O4S. The molecule has 0 aliphatic carbocycles. The van der Waals surface area contributed by atoms with Crippen LogP contribution in [0.15, 0.2) is 66.1 Å². The summed E-state index contributed by atoms with van der Waals surface area (Å²) in [5.74, 6) is -0.329. The van der Waals surface area contributed by atoms with E-state index in [4.69, 9.17) is 10.7 Å². The summed E-state index contributed by atoms with van der Waals surface area (Å²) in [4.78, 5) is 26.7. The number of carbonyl (C=O) groups is 1. The quantitative estimate of drug-likeness (QED) is 0.276. The number of carbonyl (C=O) groups excluding carboxylic acids is 1. The van der Waals surface area contributed by atoms with Crippen LogP contribution < -0.4 is 5.73 Å². The van der Waals surface area contributed by atoms with Gasteiger partial charge in [0.05, 0.1) is 17.6 Å². The molecule has 1 amide bonds. The number of aromatic nitrogens is 7. The Morgan fingerprint density at radius 2 is 1.81 bits per heavy atom. The highest BCUT2D eigenvalue weighted by Crippen LogP contribution is 2.48. The Bertz CT molecular complexity index is 1910. The maximum Gasteiger partial charge on any atom is 0.292 e. The summed E-state index contributed by atoms with van der Waals surface area (Å²) in [5, 5.41) is 24.0. The maximum atomic E-state index is 13.2. The van der Waals surface area contributed by atoms with Gasteiger partial charge in [-0.1, -0.05) is 36.4 Å². The molecule has 4 N–H and O–H groups in total. The molecule has 2 aliphatic heterocycles. The Kier molecular flexibility index (Phi) is 5.88. The minimum absolute atomic E-state index is 0.0331. The number of rotatable bonds is 5. The largest absolute Gasteiger partial charge is 0.383 e.